The molecule has 1 nitrogen and oxygen atoms in total. The molecule has 182 valence electrons. The second kappa shape index (κ2) is 7.11. The van der Waals surface area contributed by atoms with Gasteiger partial charge in [-0.15, -0.1) is 0 Å². The van der Waals surface area contributed by atoms with E-state index in [1.807, 2.05) is 0 Å². The molecule has 5 saturated carbocycles. The van der Waals surface area contributed by atoms with Crippen LogP contribution < -0.4 is 0 Å². The van der Waals surface area contributed by atoms with Crippen LogP contribution in [0.2, 0.25) is 0 Å². The van der Waals surface area contributed by atoms with E-state index in [9.17, 15) is 5.11 Å². The lowest BCUT2D eigenvalue weighted by molar-refractivity contribution is -0.161. The van der Waals surface area contributed by atoms with Crippen LogP contribution in [0.25, 0.3) is 0 Å². The molecule has 0 amide bonds. The second-order valence-electron chi connectivity index (χ2n) is 14.9. The van der Waals surface area contributed by atoms with Crippen molar-refractivity contribution in [1.29, 1.82) is 0 Å². The third-order valence-electron chi connectivity index (χ3n) is 13.6. The summed E-state index contributed by atoms with van der Waals surface area (Å²) < 4.78 is 0. The zero-order valence-electron chi connectivity index (χ0n) is 22.4. The molecule has 9 atom stereocenters. The molecule has 5 rings (SSSR count). The van der Waals surface area contributed by atoms with E-state index in [1.165, 1.54) is 69.8 Å². The van der Waals surface area contributed by atoms with Crippen molar-refractivity contribution in [3.8, 4) is 0 Å². The summed E-state index contributed by atoms with van der Waals surface area (Å²) in [5.41, 5.74) is 3.79. The summed E-state index contributed by atoms with van der Waals surface area (Å²) in [5, 5.41) is 10.9. The Labute approximate surface area is 199 Å². The zero-order chi connectivity index (χ0) is 23.3. The molecular weight excluding hydrogens is 388 g/mol. The maximum Gasteiger partial charge on any atom is 0.0594 e. The molecule has 2 spiro atoms. The molecule has 1 unspecified atom stereocenters. The Morgan fingerprint density at radius 1 is 0.844 bits per heavy atom. The van der Waals surface area contributed by atoms with Crippen molar-refractivity contribution in [3.05, 3.63) is 12.2 Å². The highest BCUT2D eigenvalue weighted by Crippen LogP contribution is 2.89. The molecule has 0 aromatic rings. The van der Waals surface area contributed by atoms with E-state index in [0.29, 0.717) is 27.6 Å². The minimum Gasteiger partial charge on any atom is -0.393 e. The number of hydrogen-bond donors (Lipinski definition) is 1. The highest BCUT2D eigenvalue weighted by Gasteiger charge is 2.82. The average Bonchev–Trinajstić information content (AvgIpc) is 3.31. The first-order valence-corrected chi connectivity index (χ1v) is 14.2. The minimum absolute atomic E-state index is 0.0888. The highest BCUT2D eigenvalue weighted by molar-refractivity contribution is 5.30. The van der Waals surface area contributed by atoms with Gasteiger partial charge in [-0.3, -0.25) is 0 Å². The second-order valence-corrected chi connectivity index (χ2v) is 14.9. The molecule has 0 aliphatic heterocycles. The van der Waals surface area contributed by atoms with Gasteiger partial charge in [0.15, 0.2) is 0 Å². The van der Waals surface area contributed by atoms with Crippen LogP contribution in [-0.4, -0.2) is 11.2 Å². The molecular formula is C31H52O. The fraction of sp³-hybridized carbons (Fsp3) is 0.935. The smallest absolute Gasteiger partial charge is 0.0594 e. The Kier molecular flexibility index (Phi) is 5.21. The van der Waals surface area contributed by atoms with Crippen LogP contribution in [0, 0.1) is 56.7 Å². The Morgan fingerprint density at radius 3 is 2.19 bits per heavy atom. The lowest BCUT2D eigenvalue weighted by atomic mass is 9.41. The number of hydrogen-bond acceptors (Lipinski definition) is 1. The number of allylic oxidation sites excluding steroid dienone is 1. The highest BCUT2D eigenvalue weighted by atomic mass is 16.3. The summed E-state index contributed by atoms with van der Waals surface area (Å²) in [4.78, 5) is 0. The molecule has 32 heavy (non-hydrogen) atoms. The van der Waals surface area contributed by atoms with Crippen LogP contribution in [0.15, 0.2) is 12.2 Å². The SMILES string of the molecule is C=C(CC[C@@H](C)[C@H]1CC[C@@]2(C)[C@@H]3CCC4C(C)(C)[C@@H](O)CC[C@@]45C[C@@]35CC[C@]12C)C(C)C. The maximum atomic E-state index is 10.9. The van der Waals surface area contributed by atoms with Gasteiger partial charge >= 0.3 is 0 Å². The first kappa shape index (κ1) is 23.4. The van der Waals surface area contributed by atoms with Gasteiger partial charge in [0.25, 0.3) is 0 Å². The molecule has 0 aromatic heterocycles. The van der Waals surface area contributed by atoms with Gasteiger partial charge in [0, 0.05) is 0 Å². The Balaban J connectivity index is 1.39. The number of aliphatic hydroxyl groups is 1. The summed E-state index contributed by atoms with van der Waals surface area (Å²) in [6.07, 6.45) is 15.0. The van der Waals surface area contributed by atoms with Gasteiger partial charge in [0.05, 0.1) is 6.10 Å². The molecule has 5 aliphatic rings. The normalized spacial score (nSPS) is 51.9. The molecule has 0 bridgehead atoms. The Bertz CT molecular complexity index is 779. The van der Waals surface area contributed by atoms with E-state index in [0.717, 1.165) is 30.1 Å². The molecule has 5 aliphatic carbocycles. The summed E-state index contributed by atoms with van der Waals surface area (Å²) in [6, 6.07) is 0. The van der Waals surface area contributed by atoms with Gasteiger partial charge in [-0.1, -0.05) is 60.6 Å². The lowest BCUT2D eigenvalue weighted by Crippen LogP contribution is -2.57. The Morgan fingerprint density at radius 2 is 1.50 bits per heavy atom. The topological polar surface area (TPSA) is 20.2 Å². The number of fused-ring (bicyclic) bond motifs is 2. The predicted molar refractivity (Wildman–Crippen MR) is 135 cm³/mol. The summed E-state index contributed by atoms with van der Waals surface area (Å²) in [7, 11) is 0. The third-order valence-corrected chi connectivity index (χ3v) is 13.6. The zero-order valence-corrected chi connectivity index (χ0v) is 22.4. The van der Waals surface area contributed by atoms with E-state index in [2.05, 4.69) is 55.0 Å². The van der Waals surface area contributed by atoms with Crippen molar-refractivity contribution in [1.82, 2.24) is 0 Å². The maximum absolute atomic E-state index is 10.9. The van der Waals surface area contributed by atoms with Crippen molar-refractivity contribution in [3.63, 3.8) is 0 Å². The van der Waals surface area contributed by atoms with Crippen LogP contribution in [0.4, 0.5) is 0 Å². The van der Waals surface area contributed by atoms with Gasteiger partial charge in [0.1, 0.15) is 0 Å². The van der Waals surface area contributed by atoms with Gasteiger partial charge in [-0.05, 0) is 127 Å². The fourth-order valence-electron chi connectivity index (χ4n) is 11.2. The quantitative estimate of drug-likeness (QED) is 0.425. The standard InChI is InChI=1S/C31H52O/c1-20(2)21(3)9-10-22(4)23-13-15-29(8)25-12-11-24-27(5,6)26(32)14-16-30(24)19-31(25,30)18-17-28(23,29)7/h20,22-26,32H,3,9-19H2,1-2,4-8H3/t22-,23-,24?,25+,26+,28-,29+,30-,31+/m1/s1. The molecule has 0 saturated heterocycles. The van der Waals surface area contributed by atoms with Crippen LogP contribution in [0.3, 0.4) is 0 Å². The predicted octanol–water partition coefficient (Wildman–Crippen LogP) is 8.41. The average molecular weight is 441 g/mol. The first-order valence-electron chi connectivity index (χ1n) is 14.2. The van der Waals surface area contributed by atoms with Crippen molar-refractivity contribution in [2.24, 2.45) is 56.7 Å². The van der Waals surface area contributed by atoms with Gasteiger partial charge in [-0.2, -0.15) is 0 Å². The van der Waals surface area contributed by atoms with Crippen molar-refractivity contribution in [2.75, 3.05) is 0 Å². The molecule has 0 heterocycles. The van der Waals surface area contributed by atoms with Crippen molar-refractivity contribution in [2.45, 2.75) is 125 Å². The van der Waals surface area contributed by atoms with Gasteiger partial charge in [0.2, 0.25) is 0 Å². The first-order chi connectivity index (χ1) is 14.9. The molecule has 1 heteroatoms. The van der Waals surface area contributed by atoms with E-state index in [4.69, 9.17) is 0 Å². The van der Waals surface area contributed by atoms with E-state index in [-0.39, 0.29) is 11.5 Å². The van der Waals surface area contributed by atoms with Gasteiger partial charge < -0.3 is 5.11 Å². The minimum atomic E-state index is -0.0888. The van der Waals surface area contributed by atoms with E-state index >= 15 is 0 Å². The van der Waals surface area contributed by atoms with E-state index in [1.54, 1.807) is 0 Å². The van der Waals surface area contributed by atoms with E-state index < -0.39 is 0 Å². The number of aliphatic hydroxyl groups excluding tert-OH is 1. The van der Waals surface area contributed by atoms with Crippen LogP contribution >= 0.6 is 0 Å². The van der Waals surface area contributed by atoms with Gasteiger partial charge in [-0.25, -0.2) is 0 Å². The fourth-order valence-corrected chi connectivity index (χ4v) is 11.2. The molecule has 1 N–H and O–H groups in total. The molecule has 0 aromatic carbocycles. The van der Waals surface area contributed by atoms with Crippen LogP contribution in [-0.2, 0) is 0 Å². The largest absolute Gasteiger partial charge is 0.393 e. The molecule has 0 radical (unpaired) electrons. The van der Waals surface area contributed by atoms with Crippen molar-refractivity contribution < 1.29 is 5.11 Å². The summed E-state index contributed by atoms with van der Waals surface area (Å²) in [6.45, 7) is 21.8. The van der Waals surface area contributed by atoms with Crippen molar-refractivity contribution >= 4 is 0 Å². The Hall–Kier alpha value is -0.300. The summed E-state index contributed by atoms with van der Waals surface area (Å²) in [5.74, 6) is 4.02. The van der Waals surface area contributed by atoms with Crippen LogP contribution in [0.5, 0.6) is 0 Å². The lowest BCUT2D eigenvalue weighted by Gasteiger charge is -2.63. The number of rotatable bonds is 5. The summed E-state index contributed by atoms with van der Waals surface area (Å²) >= 11 is 0. The monoisotopic (exact) mass is 440 g/mol. The van der Waals surface area contributed by atoms with Crippen LogP contribution in [0.1, 0.15) is 119 Å². The molecule has 5 fully saturated rings. The third kappa shape index (κ3) is 2.73.